The van der Waals surface area contributed by atoms with Crippen molar-refractivity contribution in [3.8, 4) is 0 Å². The number of halogens is 1. The van der Waals surface area contributed by atoms with Crippen LogP contribution in [0, 0.1) is 15.9 Å². The van der Waals surface area contributed by atoms with E-state index in [0.717, 1.165) is 12.1 Å². The van der Waals surface area contributed by atoms with Crippen molar-refractivity contribution < 1.29 is 32.4 Å². The number of carboxylic acid groups (broad SMARTS) is 1. The van der Waals surface area contributed by atoms with E-state index in [9.17, 15) is 37.6 Å². The number of non-ortho nitro benzene ring substituents is 1. The summed E-state index contributed by atoms with van der Waals surface area (Å²) in [6.45, 7) is 1.60. The zero-order chi connectivity index (χ0) is 25.8. The van der Waals surface area contributed by atoms with E-state index >= 15 is 0 Å². The van der Waals surface area contributed by atoms with Crippen LogP contribution in [0.1, 0.15) is 24.9 Å². The average molecular weight is 507 g/mol. The van der Waals surface area contributed by atoms with Gasteiger partial charge in [0.05, 0.1) is 21.4 Å². The number of hydrogen-bond acceptors (Lipinski definition) is 7. The van der Waals surface area contributed by atoms with Gasteiger partial charge >= 0.3 is 12.0 Å². The average Bonchev–Trinajstić information content (AvgIpc) is 2.79. The topological polar surface area (TPSA) is 159 Å². The molecule has 3 rings (SSSR count). The van der Waals surface area contributed by atoms with Crippen LogP contribution >= 0.6 is 0 Å². The minimum absolute atomic E-state index is 0.0241. The molecule has 0 saturated heterocycles. The highest BCUT2D eigenvalue weighted by Gasteiger charge is 2.38. The number of amides is 2. The van der Waals surface area contributed by atoms with E-state index in [1.165, 1.54) is 48.2 Å². The number of carbonyl (C=O) groups is 2. The second kappa shape index (κ2) is 10.6. The number of carboxylic acids is 1. The molecule has 13 heteroatoms. The molecule has 1 aliphatic rings. The predicted molar refractivity (Wildman–Crippen MR) is 122 cm³/mol. The van der Waals surface area contributed by atoms with Gasteiger partial charge in [-0.3, -0.25) is 10.1 Å². The lowest BCUT2D eigenvalue weighted by Crippen LogP contribution is -2.49. The van der Waals surface area contributed by atoms with Gasteiger partial charge in [-0.1, -0.05) is 18.2 Å². The number of allylic oxidation sites excluding steroid dienone is 1. The van der Waals surface area contributed by atoms with Gasteiger partial charge in [0.15, 0.2) is 9.84 Å². The van der Waals surface area contributed by atoms with Crippen LogP contribution in [-0.4, -0.2) is 54.3 Å². The molecule has 0 aromatic heterocycles. The molecular formula is C22H23FN4O7S. The fourth-order valence-electron chi connectivity index (χ4n) is 3.77. The summed E-state index contributed by atoms with van der Waals surface area (Å²) < 4.78 is 38.0. The van der Waals surface area contributed by atoms with E-state index in [4.69, 9.17) is 0 Å². The van der Waals surface area contributed by atoms with Crippen LogP contribution in [0.2, 0.25) is 0 Å². The highest BCUT2D eigenvalue weighted by Crippen LogP contribution is 2.35. The molecule has 0 saturated carbocycles. The number of aliphatic carboxylic acids is 1. The highest BCUT2D eigenvalue weighted by molar-refractivity contribution is 7.91. The van der Waals surface area contributed by atoms with Crippen LogP contribution in [-0.2, 0) is 14.6 Å². The van der Waals surface area contributed by atoms with Crippen LogP contribution in [0.15, 0.2) is 64.7 Å². The Balaban J connectivity index is 1.74. The maximum atomic E-state index is 13.3. The summed E-state index contributed by atoms with van der Waals surface area (Å²) in [6, 6.07) is 8.34. The molecule has 0 bridgehead atoms. The van der Waals surface area contributed by atoms with Crippen molar-refractivity contribution >= 4 is 27.5 Å². The number of benzene rings is 2. The van der Waals surface area contributed by atoms with Crippen LogP contribution in [0.5, 0.6) is 0 Å². The van der Waals surface area contributed by atoms with E-state index < -0.39 is 44.5 Å². The molecular weight excluding hydrogens is 483 g/mol. The Bertz CT molecular complexity index is 1300. The summed E-state index contributed by atoms with van der Waals surface area (Å²) in [4.78, 5) is 36.4. The molecule has 1 atom stereocenters. The molecule has 186 valence electrons. The zero-order valence-corrected chi connectivity index (χ0v) is 19.4. The maximum Gasteiger partial charge on any atom is 0.335 e. The van der Waals surface area contributed by atoms with E-state index in [-0.39, 0.29) is 46.9 Å². The Hall–Kier alpha value is -3.84. The van der Waals surface area contributed by atoms with Gasteiger partial charge in [-0.25, -0.2) is 22.4 Å². The number of urea groups is 1. The first-order valence-corrected chi connectivity index (χ1v) is 12.1. The van der Waals surface area contributed by atoms with E-state index in [0.29, 0.717) is 0 Å². The lowest BCUT2D eigenvalue weighted by Gasteiger charge is -2.37. The second-order valence-corrected chi connectivity index (χ2v) is 9.78. The first-order valence-electron chi connectivity index (χ1n) is 10.5. The first-order chi connectivity index (χ1) is 16.5. The summed E-state index contributed by atoms with van der Waals surface area (Å²) in [6.07, 6.45) is 0.240. The Morgan fingerprint density at radius 3 is 2.63 bits per heavy atom. The van der Waals surface area contributed by atoms with Crippen molar-refractivity contribution in [1.82, 2.24) is 15.5 Å². The van der Waals surface area contributed by atoms with Crippen LogP contribution in [0.25, 0.3) is 0 Å². The van der Waals surface area contributed by atoms with E-state index in [1.807, 2.05) is 0 Å². The Morgan fingerprint density at radius 2 is 1.97 bits per heavy atom. The Morgan fingerprint density at radius 1 is 1.26 bits per heavy atom. The van der Waals surface area contributed by atoms with E-state index in [2.05, 4.69) is 10.6 Å². The fraction of sp³-hybridized carbons (Fsp3) is 0.273. The number of nitro groups is 1. The summed E-state index contributed by atoms with van der Waals surface area (Å²) in [5.41, 5.74) is -0.00575. The van der Waals surface area contributed by atoms with Crippen LogP contribution in [0.3, 0.4) is 0 Å². The lowest BCUT2D eigenvalue weighted by atomic mass is 9.93. The third kappa shape index (κ3) is 6.00. The SMILES string of the molecule is CC1=C(C(=O)O)C(c2cccc([N+](=O)[O-])c2)N(CCCNCS(=O)(=O)c2cccc(F)c2)C(=O)N1. The number of carbonyl (C=O) groups excluding carboxylic acids is 1. The smallest absolute Gasteiger partial charge is 0.335 e. The number of rotatable bonds is 10. The number of hydrogen-bond donors (Lipinski definition) is 3. The molecule has 11 nitrogen and oxygen atoms in total. The predicted octanol–water partition coefficient (Wildman–Crippen LogP) is 2.57. The zero-order valence-electron chi connectivity index (χ0n) is 18.6. The summed E-state index contributed by atoms with van der Waals surface area (Å²) in [7, 11) is -3.79. The van der Waals surface area contributed by atoms with Gasteiger partial charge < -0.3 is 20.6 Å². The molecule has 0 aliphatic carbocycles. The number of nitrogens with zero attached hydrogens (tertiary/aromatic N) is 2. The molecule has 1 aliphatic heterocycles. The first kappa shape index (κ1) is 25.8. The molecule has 3 N–H and O–H groups in total. The van der Waals surface area contributed by atoms with Gasteiger partial charge in [0.1, 0.15) is 11.7 Å². The minimum atomic E-state index is -3.79. The van der Waals surface area contributed by atoms with Crippen LogP contribution in [0.4, 0.5) is 14.9 Å². The number of nitro benzene ring substituents is 1. The molecule has 0 fully saturated rings. The molecule has 0 spiro atoms. The van der Waals surface area contributed by atoms with Gasteiger partial charge in [-0.05, 0) is 43.7 Å². The standard InChI is InChI=1S/C22H23FN4O7S/c1-14-19(21(28)29)20(15-5-2-7-17(11-15)27(31)32)26(22(30)25-14)10-4-9-24-13-35(33,34)18-8-3-6-16(23)12-18/h2-3,5-8,11-12,20,24H,4,9-10,13H2,1H3,(H,25,30)(H,28,29). The third-order valence-electron chi connectivity index (χ3n) is 5.37. The molecule has 2 aromatic rings. The quantitative estimate of drug-likeness (QED) is 0.252. The van der Waals surface area contributed by atoms with Crippen LogP contribution < -0.4 is 10.6 Å². The lowest BCUT2D eigenvalue weighted by molar-refractivity contribution is -0.384. The molecule has 2 aromatic carbocycles. The fourth-order valence-corrected chi connectivity index (χ4v) is 4.92. The normalized spacial score (nSPS) is 16.2. The molecule has 1 unspecified atom stereocenters. The minimum Gasteiger partial charge on any atom is -0.478 e. The molecule has 2 amide bonds. The second-order valence-electron chi connectivity index (χ2n) is 7.79. The highest BCUT2D eigenvalue weighted by atomic mass is 32.2. The number of sulfone groups is 1. The van der Waals surface area contributed by atoms with Crippen molar-refractivity contribution in [2.24, 2.45) is 0 Å². The largest absolute Gasteiger partial charge is 0.478 e. The Labute approximate surface area is 200 Å². The Kier molecular flexibility index (Phi) is 7.82. The van der Waals surface area contributed by atoms with Crippen molar-refractivity contribution in [1.29, 1.82) is 0 Å². The van der Waals surface area contributed by atoms with Gasteiger partial charge in [0.25, 0.3) is 5.69 Å². The third-order valence-corrected chi connectivity index (χ3v) is 6.93. The van der Waals surface area contributed by atoms with Gasteiger partial charge in [0.2, 0.25) is 0 Å². The summed E-state index contributed by atoms with van der Waals surface area (Å²) >= 11 is 0. The van der Waals surface area contributed by atoms with Gasteiger partial charge in [0, 0.05) is 24.4 Å². The monoisotopic (exact) mass is 506 g/mol. The van der Waals surface area contributed by atoms with E-state index in [1.54, 1.807) is 0 Å². The maximum absolute atomic E-state index is 13.3. The van der Waals surface area contributed by atoms with Crippen molar-refractivity contribution in [2.75, 3.05) is 19.0 Å². The van der Waals surface area contributed by atoms with Crippen molar-refractivity contribution in [3.63, 3.8) is 0 Å². The van der Waals surface area contributed by atoms with Gasteiger partial charge in [-0.15, -0.1) is 0 Å². The van der Waals surface area contributed by atoms with Crippen molar-refractivity contribution in [3.05, 3.63) is 81.3 Å². The molecule has 0 radical (unpaired) electrons. The van der Waals surface area contributed by atoms with Gasteiger partial charge in [-0.2, -0.15) is 0 Å². The summed E-state index contributed by atoms with van der Waals surface area (Å²) in [5.74, 6) is -2.42. The number of nitrogens with one attached hydrogen (secondary N) is 2. The summed E-state index contributed by atoms with van der Waals surface area (Å²) in [5, 5.41) is 26.2. The molecule has 1 heterocycles. The van der Waals surface area contributed by atoms with Crippen molar-refractivity contribution in [2.45, 2.75) is 24.3 Å². The molecule has 35 heavy (non-hydrogen) atoms.